The number of nitrogens with two attached hydrogens (primary N) is 1. The molecule has 0 aliphatic heterocycles. The molecule has 1 rings (SSSR count). The Labute approximate surface area is 117 Å². The molecule has 0 heterocycles. The summed E-state index contributed by atoms with van der Waals surface area (Å²) < 4.78 is 36.8. The number of benzene rings is 1. The molecule has 0 bridgehead atoms. The number of rotatable bonds is 4. The minimum atomic E-state index is -4.38. The van der Waals surface area contributed by atoms with Crippen molar-refractivity contribution in [2.75, 3.05) is 5.43 Å². The van der Waals surface area contributed by atoms with Crippen molar-refractivity contribution in [2.45, 2.75) is 17.3 Å². The Morgan fingerprint density at radius 2 is 2.15 bits per heavy atom. The Morgan fingerprint density at radius 1 is 1.50 bits per heavy atom. The summed E-state index contributed by atoms with van der Waals surface area (Å²) in [5.74, 6) is -0.529. The zero-order valence-electron chi connectivity index (χ0n) is 10.2. The van der Waals surface area contributed by atoms with Crippen LogP contribution in [-0.2, 0) is 0 Å². The van der Waals surface area contributed by atoms with Crippen LogP contribution in [-0.4, -0.2) is 17.1 Å². The lowest BCUT2D eigenvalue weighted by molar-refractivity contribution is -0.0328. The Balaban J connectivity index is 2.99. The van der Waals surface area contributed by atoms with E-state index in [1.54, 1.807) is 13.0 Å². The summed E-state index contributed by atoms with van der Waals surface area (Å²) in [5, 5.41) is 19.3. The van der Waals surface area contributed by atoms with Gasteiger partial charge in [-0.2, -0.15) is 23.5 Å². The lowest BCUT2D eigenvalue weighted by Gasteiger charge is -2.09. The number of hydrazone groups is 1. The number of thioether (sulfide) groups is 1. The van der Waals surface area contributed by atoms with Gasteiger partial charge in [0.2, 0.25) is 5.71 Å². The maximum absolute atomic E-state index is 12.3. The van der Waals surface area contributed by atoms with Gasteiger partial charge < -0.3 is 5.73 Å². The van der Waals surface area contributed by atoms with E-state index in [1.807, 2.05) is 0 Å². The predicted octanol–water partition coefficient (Wildman–Crippen LogP) is 2.83. The highest BCUT2D eigenvalue weighted by Crippen LogP contribution is 2.38. The van der Waals surface area contributed by atoms with Crippen LogP contribution in [0.3, 0.4) is 0 Å². The second kappa shape index (κ2) is 6.29. The number of aryl methyl sites for hydroxylation is 1. The molecule has 0 fully saturated rings. The molecular formula is C11H10F3N5S. The Kier molecular flexibility index (Phi) is 4.99. The second-order valence-electron chi connectivity index (χ2n) is 3.62. The van der Waals surface area contributed by atoms with E-state index < -0.39 is 11.3 Å². The number of hydrogen-bond acceptors (Lipinski definition) is 5. The van der Waals surface area contributed by atoms with E-state index in [1.165, 1.54) is 18.2 Å². The molecule has 0 spiro atoms. The molecule has 1 aromatic carbocycles. The SMILES string of the molecule is Cc1ccc(SC(F)(F)F)cc1N/N=C(\C#N)C(=N)N. The molecule has 0 aliphatic rings. The van der Waals surface area contributed by atoms with Crippen molar-refractivity contribution in [1.82, 2.24) is 0 Å². The lowest BCUT2D eigenvalue weighted by Crippen LogP contribution is -2.21. The molecule has 0 atom stereocenters. The summed E-state index contributed by atoms with van der Waals surface area (Å²) in [5.41, 5.74) is 3.74. The third-order valence-electron chi connectivity index (χ3n) is 2.09. The number of nitriles is 1. The Morgan fingerprint density at radius 3 is 2.65 bits per heavy atom. The van der Waals surface area contributed by atoms with Gasteiger partial charge in [0.25, 0.3) is 0 Å². The highest BCUT2D eigenvalue weighted by molar-refractivity contribution is 8.00. The molecule has 0 radical (unpaired) electrons. The van der Waals surface area contributed by atoms with Gasteiger partial charge in [-0.25, -0.2) is 0 Å². The molecule has 0 aliphatic carbocycles. The third-order valence-corrected chi connectivity index (χ3v) is 2.81. The minimum Gasteiger partial charge on any atom is -0.382 e. The summed E-state index contributed by atoms with van der Waals surface area (Å²) in [6.07, 6.45) is 0. The fraction of sp³-hybridized carbons (Fsp3) is 0.182. The number of anilines is 1. The fourth-order valence-corrected chi connectivity index (χ4v) is 1.76. The van der Waals surface area contributed by atoms with Crippen LogP contribution in [0.4, 0.5) is 18.9 Å². The summed E-state index contributed by atoms with van der Waals surface area (Å²) in [4.78, 5) is -0.0119. The summed E-state index contributed by atoms with van der Waals surface area (Å²) >= 11 is -0.250. The topological polar surface area (TPSA) is 98.0 Å². The lowest BCUT2D eigenvalue weighted by atomic mass is 10.2. The first-order valence-corrected chi connectivity index (χ1v) is 5.99. The van der Waals surface area contributed by atoms with Crippen LogP contribution in [0.5, 0.6) is 0 Å². The number of amidine groups is 1. The van der Waals surface area contributed by atoms with E-state index in [2.05, 4.69) is 10.5 Å². The van der Waals surface area contributed by atoms with Gasteiger partial charge >= 0.3 is 5.51 Å². The molecule has 106 valence electrons. The minimum absolute atomic E-state index is 0.0119. The van der Waals surface area contributed by atoms with Crippen LogP contribution < -0.4 is 11.2 Å². The zero-order valence-corrected chi connectivity index (χ0v) is 11.1. The van der Waals surface area contributed by atoms with Crippen molar-refractivity contribution in [3.05, 3.63) is 23.8 Å². The third kappa shape index (κ3) is 4.81. The maximum Gasteiger partial charge on any atom is 0.446 e. The monoisotopic (exact) mass is 301 g/mol. The molecule has 0 amide bonds. The molecule has 0 unspecified atom stereocenters. The normalized spacial score (nSPS) is 11.8. The molecule has 9 heteroatoms. The summed E-state index contributed by atoms with van der Waals surface area (Å²) in [7, 11) is 0. The molecule has 5 nitrogen and oxygen atoms in total. The van der Waals surface area contributed by atoms with Crippen LogP contribution in [0.25, 0.3) is 0 Å². The second-order valence-corrected chi connectivity index (χ2v) is 4.76. The zero-order chi connectivity index (χ0) is 15.3. The summed E-state index contributed by atoms with van der Waals surface area (Å²) in [6.45, 7) is 1.67. The van der Waals surface area contributed by atoms with Gasteiger partial charge in [0.1, 0.15) is 6.07 Å². The van der Waals surface area contributed by atoms with Crippen molar-refractivity contribution >= 4 is 29.0 Å². The number of hydrogen-bond donors (Lipinski definition) is 3. The number of nitrogens with one attached hydrogen (secondary N) is 2. The quantitative estimate of drug-likeness (QED) is 0.345. The average Bonchev–Trinajstić information content (AvgIpc) is 2.31. The highest BCUT2D eigenvalue weighted by Gasteiger charge is 2.29. The van der Waals surface area contributed by atoms with Crippen LogP contribution in [0.15, 0.2) is 28.2 Å². The van der Waals surface area contributed by atoms with E-state index in [0.717, 1.165) is 0 Å². The molecule has 20 heavy (non-hydrogen) atoms. The van der Waals surface area contributed by atoms with Gasteiger partial charge in [-0.15, -0.1) is 0 Å². The molecule has 4 N–H and O–H groups in total. The van der Waals surface area contributed by atoms with Crippen LogP contribution in [0, 0.1) is 23.7 Å². The maximum atomic E-state index is 12.3. The first kappa shape index (κ1) is 15.8. The Bertz CT molecular complexity index is 589. The summed E-state index contributed by atoms with van der Waals surface area (Å²) in [6, 6.07) is 5.68. The predicted molar refractivity (Wildman–Crippen MR) is 71.7 cm³/mol. The van der Waals surface area contributed by atoms with Gasteiger partial charge in [-0.05, 0) is 36.4 Å². The largest absolute Gasteiger partial charge is 0.446 e. The molecule has 0 saturated carbocycles. The average molecular weight is 301 g/mol. The van der Waals surface area contributed by atoms with Gasteiger partial charge in [-0.3, -0.25) is 10.8 Å². The molecule has 0 saturated heterocycles. The van der Waals surface area contributed by atoms with Crippen molar-refractivity contribution in [3.63, 3.8) is 0 Å². The fourth-order valence-electron chi connectivity index (χ4n) is 1.18. The molecular weight excluding hydrogens is 291 g/mol. The van der Waals surface area contributed by atoms with E-state index in [9.17, 15) is 13.2 Å². The van der Waals surface area contributed by atoms with Crippen molar-refractivity contribution in [1.29, 1.82) is 10.7 Å². The standard InChI is InChI=1S/C11H10F3N5S/c1-6-2-3-7(20-11(12,13)14)4-8(6)18-19-9(5-15)10(16)17/h2-4,18H,1H3,(H3,16,17)/b19-9+. The molecule has 0 aromatic heterocycles. The molecule has 1 aromatic rings. The number of alkyl halides is 3. The first-order valence-electron chi connectivity index (χ1n) is 5.17. The van der Waals surface area contributed by atoms with Crippen LogP contribution in [0.2, 0.25) is 0 Å². The van der Waals surface area contributed by atoms with Gasteiger partial charge in [-0.1, -0.05) is 6.07 Å². The van der Waals surface area contributed by atoms with E-state index in [-0.39, 0.29) is 22.4 Å². The van der Waals surface area contributed by atoms with Crippen LogP contribution in [0.1, 0.15) is 5.56 Å². The Hall–Kier alpha value is -2.21. The number of nitrogens with zero attached hydrogens (tertiary/aromatic N) is 2. The smallest absolute Gasteiger partial charge is 0.382 e. The van der Waals surface area contributed by atoms with Gasteiger partial charge in [0.05, 0.1) is 5.69 Å². The van der Waals surface area contributed by atoms with Crippen molar-refractivity contribution in [3.8, 4) is 6.07 Å². The van der Waals surface area contributed by atoms with Crippen LogP contribution >= 0.6 is 11.8 Å². The van der Waals surface area contributed by atoms with Gasteiger partial charge in [0, 0.05) is 4.90 Å². The van der Waals surface area contributed by atoms with Crippen molar-refractivity contribution in [2.24, 2.45) is 10.8 Å². The highest BCUT2D eigenvalue weighted by atomic mass is 32.2. The van der Waals surface area contributed by atoms with E-state index in [0.29, 0.717) is 11.3 Å². The van der Waals surface area contributed by atoms with E-state index >= 15 is 0 Å². The van der Waals surface area contributed by atoms with Gasteiger partial charge in [0.15, 0.2) is 5.84 Å². The van der Waals surface area contributed by atoms with Crippen molar-refractivity contribution < 1.29 is 13.2 Å². The number of halogens is 3. The van der Waals surface area contributed by atoms with E-state index in [4.69, 9.17) is 16.4 Å². The first-order chi connectivity index (χ1) is 9.23.